The lowest BCUT2D eigenvalue weighted by atomic mass is 9.91. The number of aromatic nitrogens is 2. The van der Waals surface area contributed by atoms with Gasteiger partial charge in [0.25, 0.3) is 5.91 Å². The van der Waals surface area contributed by atoms with E-state index in [2.05, 4.69) is 10.2 Å². The highest BCUT2D eigenvalue weighted by Gasteiger charge is 2.37. The van der Waals surface area contributed by atoms with E-state index in [4.69, 9.17) is 0 Å². The molecule has 0 radical (unpaired) electrons. The first-order chi connectivity index (χ1) is 14.5. The van der Waals surface area contributed by atoms with Crippen LogP contribution >= 0.6 is 0 Å². The Balaban J connectivity index is 1.49. The molecule has 2 unspecified atom stereocenters. The molecule has 8 heteroatoms. The number of amides is 3. The zero-order valence-electron chi connectivity index (χ0n) is 17.4. The number of nitrogens with zero attached hydrogens (tertiary/aromatic N) is 4. The van der Waals surface area contributed by atoms with Crippen LogP contribution in [0.2, 0.25) is 0 Å². The summed E-state index contributed by atoms with van der Waals surface area (Å²) in [6, 6.07) is 9.47. The molecule has 1 N–H and O–H groups in total. The van der Waals surface area contributed by atoms with Crippen molar-refractivity contribution in [2.24, 2.45) is 5.92 Å². The van der Waals surface area contributed by atoms with Crippen molar-refractivity contribution in [3.63, 3.8) is 0 Å². The maximum atomic E-state index is 13.1. The SMILES string of the molecule is CN1CC(C(=O)N2CCCC(c3[nH]ncc3C(=O)N(C)c3ccccc3)C2)CC1=O. The molecule has 4 rings (SSSR count). The van der Waals surface area contributed by atoms with Crippen molar-refractivity contribution in [1.82, 2.24) is 20.0 Å². The molecule has 3 heterocycles. The summed E-state index contributed by atoms with van der Waals surface area (Å²) in [4.78, 5) is 43.0. The van der Waals surface area contributed by atoms with Crippen LogP contribution in [0.1, 0.15) is 41.2 Å². The number of benzene rings is 1. The predicted molar refractivity (Wildman–Crippen MR) is 112 cm³/mol. The summed E-state index contributed by atoms with van der Waals surface area (Å²) in [6.07, 6.45) is 3.59. The number of carbonyl (C=O) groups is 3. The minimum Gasteiger partial charge on any atom is -0.345 e. The molecule has 2 atom stereocenters. The van der Waals surface area contributed by atoms with Gasteiger partial charge in [-0.3, -0.25) is 19.5 Å². The van der Waals surface area contributed by atoms with Crippen LogP contribution in [0.15, 0.2) is 36.5 Å². The second kappa shape index (κ2) is 8.30. The highest BCUT2D eigenvalue weighted by molar-refractivity contribution is 6.06. The minimum absolute atomic E-state index is 0.0168. The largest absolute Gasteiger partial charge is 0.345 e. The third-order valence-corrected chi connectivity index (χ3v) is 6.18. The van der Waals surface area contributed by atoms with E-state index in [0.717, 1.165) is 24.2 Å². The number of para-hydroxylation sites is 1. The number of aromatic amines is 1. The van der Waals surface area contributed by atoms with E-state index in [1.54, 1.807) is 30.1 Å². The smallest absolute Gasteiger partial charge is 0.261 e. The summed E-state index contributed by atoms with van der Waals surface area (Å²) in [7, 11) is 3.49. The average Bonchev–Trinajstić information content (AvgIpc) is 3.40. The van der Waals surface area contributed by atoms with E-state index in [-0.39, 0.29) is 36.0 Å². The minimum atomic E-state index is -0.270. The normalized spacial score (nSPS) is 21.7. The average molecular weight is 409 g/mol. The Labute approximate surface area is 175 Å². The fourth-order valence-electron chi connectivity index (χ4n) is 4.43. The van der Waals surface area contributed by atoms with Crippen LogP contribution in [0.25, 0.3) is 0 Å². The zero-order chi connectivity index (χ0) is 21.3. The van der Waals surface area contributed by atoms with Crippen molar-refractivity contribution in [1.29, 1.82) is 0 Å². The number of hydrogen-bond donors (Lipinski definition) is 1. The Kier molecular flexibility index (Phi) is 5.57. The van der Waals surface area contributed by atoms with Crippen LogP contribution in [-0.4, -0.2) is 71.4 Å². The fraction of sp³-hybridized carbons (Fsp3) is 0.455. The van der Waals surface area contributed by atoms with Crippen molar-refractivity contribution in [3.05, 3.63) is 47.8 Å². The van der Waals surface area contributed by atoms with Crippen LogP contribution in [0.4, 0.5) is 5.69 Å². The number of piperidine rings is 1. The van der Waals surface area contributed by atoms with Crippen LogP contribution in [-0.2, 0) is 9.59 Å². The van der Waals surface area contributed by atoms with Gasteiger partial charge in [-0.05, 0) is 25.0 Å². The van der Waals surface area contributed by atoms with Crippen molar-refractivity contribution < 1.29 is 14.4 Å². The first-order valence-electron chi connectivity index (χ1n) is 10.3. The second-order valence-corrected chi connectivity index (χ2v) is 8.20. The molecule has 2 aliphatic heterocycles. The Morgan fingerprint density at radius 2 is 1.97 bits per heavy atom. The predicted octanol–water partition coefficient (Wildman–Crippen LogP) is 1.87. The van der Waals surface area contributed by atoms with Crippen molar-refractivity contribution in [2.75, 3.05) is 38.6 Å². The van der Waals surface area contributed by atoms with Gasteiger partial charge >= 0.3 is 0 Å². The standard InChI is InChI=1S/C22H27N5O3/c1-25-13-16(11-19(25)28)21(29)27-10-6-7-15(14-27)20-18(12-23-24-20)22(30)26(2)17-8-4-3-5-9-17/h3-5,8-9,12,15-16H,6-7,10-11,13-14H2,1-2H3,(H,23,24). The topological polar surface area (TPSA) is 89.6 Å². The Bertz CT molecular complexity index is 941. The molecular weight excluding hydrogens is 382 g/mol. The summed E-state index contributed by atoms with van der Waals surface area (Å²) in [6.45, 7) is 1.70. The van der Waals surface area contributed by atoms with Gasteiger partial charge in [-0.1, -0.05) is 18.2 Å². The molecule has 8 nitrogen and oxygen atoms in total. The molecule has 0 bridgehead atoms. The fourth-order valence-corrected chi connectivity index (χ4v) is 4.43. The number of rotatable bonds is 4. The molecule has 0 saturated carbocycles. The summed E-state index contributed by atoms with van der Waals surface area (Å²) in [5, 5.41) is 7.14. The Morgan fingerprint density at radius 1 is 1.20 bits per heavy atom. The van der Waals surface area contributed by atoms with Gasteiger partial charge in [-0.15, -0.1) is 0 Å². The van der Waals surface area contributed by atoms with Gasteiger partial charge < -0.3 is 14.7 Å². The molecule has 1 aromatic heterocycles. The third kappa shape index (κ3) is 3.81. The number of nitrogens with one attached hydrogen (secondary N) is 1. The maximum Gasteiger partial charge on any atom is 0.261 e. The monoisotopic (exact) mass is 409 g/mol. The van der Waals surface area contributed by atoms with Gasteiger partial charge in [-0.25, -0.2) is 0 Å². The lowest BCUT2D eigenvalue weighted by Gasteiger charge is -2.34. The molecule has 2 aromatic rings. The van der Waals surface area contributed by atoms with Crippen LogP contribution in [0.5, 0.6) is 0 Å². The van der Waals surface area contributed by atoms with E-state index in [9.17, 15) is 14.4 Å². The molecule has 2 saturated heterocycles. The molecule has 0 aliphatic carbocycles. The molecule has 1 aromatic carbocycles. The number of likely N-dealkylation sites (tertiary alicyclic amines) is 2. The van der Waals surface area contributed by atoms with Gasteiger partial charge in [0.1, 0.15) is 0 Å². The first-order valence-corrected chi connectivity index (χ1v) is 10.3. The highest BCUT2D eigenvalue weighted by Crippen LogP contribution is 2.30. The van der Waals surface area contributed by atoms with Crippen molar-refractivity contribution in [2.45, 2.75) is 25.2 Å². The molecule has 2 fully saturated rings. The third-order valence-electron chi connectivity index (χ3n) is 6.18. The second-order valence-electron chi connectivity index (χ2n) is 8.20. The number of carbonyl (C=O) groups excluding carboxylic acids is 3. The van der Waals surface area contributed by atoms with E-state index in [1.807, 2.05) is 35.2 Å². The van der Waals surface area contributed by atoms with E-state index in [1.165, 1.54) is 0 Å². The summed E-state index contributed by atoms with van der Waals surface area (Å²) in [5.41, 5.74) is 2.13. The molecule has 3 amide bonds. The molecule has 0 spiro atoms. The lowest BCUT2D eigenvalue weighted by molar-refractivity contribution is -0.137. The Morgan fingerprint density at radius 3 is 2.67 bits per heavy atom. The van der Waals surface area contributed by atoms with E-state index < -0.39 is 0 Å². The van der Waals surface area contributed by atoms with Gasteiger partial charge in [0.2, 0.25) is 11.8 Å². The summed E-state index contributed by atoms with van der Waals surface area (Å²) in [5.74, 6) is -0.327. The number of anilines is 1. The number of H-pyrrole nitrogens is 1. The van der Waals surface area contributed by atoms with Gasteiger partial charge in [0, 0.05) is 51.8 Å². The summed E-state index contributed by atoms with van der Waals surface area (Å²) >= 11 is 0. The molecule has 2 aliphatic rings. The first kappa shape index (κ1) is 20.1. The Hall–Kier alpha value is -3.16. The number of hydrogen-bond acceptors (Lipinski definition) is 4. The quantitative estimate of drug-likeness (QED) is 0.835. The lowest BCUT2D eigenvalue weighted by Crippen LogP contribution is -2.43. The van der Waals surface area contributed by atoms with Crippen LogP contribution in [0.3, 0.4) is 0 Å². The van der Waals surface area contributed by atoms with Crippen molar-refractivity contribution >= 4 is 23.4 Å². The highest BCUT2D eigenvalue weighted by atomic mass is 16.2. The molecular formula is C22H27N5O3. The van der Waals surface area contributed by atoms with Gasteiger partial charge in [0.15, 0.2) is 0 Å². The van der Waals surface area contributed by atoms with Crippen LogP contribution in [0, 0.1) is 5.92 Å². The maximum absolute atomic E-state index is 13.1. The van der Waals surface area contributed by atoms with Crippen LogP contribution < -0.4 is 4.90 Å². The summed E-state index contributed by atoms with van der Waals surface area (Å²) < 4.78 is 0. The molecule has 158 valence electrons. The molecule has 30 heavy (non-hydrogen) atoms. The van der Waals surface area contributed by atoms with E-state index in [0.29, 0.717) is 25.2 Å². The zero-order valence-corrected chi connectivity index (χ0v) is 17.4. The van der Waals surface area contributed by atoms with Gasteiger partial charge in [0.05, 0.1) is 23.4 Å². The van der Waals surface area contributed by atoms with Gasteiger partial charge in [-0.2, -0.15) is 5.10 Å². The van der Waals surface area contributed by atoms with E-state index >= 15 is 0 Å². The van der Waals surface area contributed by atoms with Crippen molar-refractivity contribution in [3.8, 4) is 0 Å².